The van der Waals surface area contributed by atoms with Gasteiger partial charge in [0.2, 0.25) is 0 Å². The molecule has 2 amide bonds. The summed E-state index contributed by atoms with van der Waals surface area (Å²) in [4.78, 5) is 24.8. The van der Waals surface area contributed by atoms with Gasteiger partial charge in [-0.25, -0.2) is 19.0 Å². The quantitative estimate of drug-likeness (QED) is 0.678. The monoisotopic (exact) mass is 447 g/mol. The molecule has 1 saturated heterocycles. The van der Waals surface area contributed by atoms with Crippen LogP contribution in [0.25, 0.3) is 11.4 Å². The van der Waals surface area contributed by atoms with Crippen molar-refractivity contribution in [2.24, 2.45) is 0 Å². The summed E-state index contributed by atoms with van der Waals surface area (Å²) in [6.07, 6.45) is 1.45. The smallest absolute Gasteiger partial charge is 0.321 e. The van der Waals surface area contributed by atoms with E-state index in [0.29, 0.717) is 37.0 Å². The van der Waals surface area contributed by atoms with E-state index in [9.17, 15) is 9.00 Å². The van der Waals surface area contributed by atoms with Crippen molar-refractivity contribution in [1.82, 2.24) is 14.9 Å². The Morgan fingerprint density at radius 1 is 1.35 bits per heavy atom. The lowest BCUT2D eigenvalue weighted by atomic mass is 10.2. The van der Waals surface area contributed by atoms with Crippen molar-refractivity contribution in [3.05, 3.63) is 36.0 Å². The topological polar surface area (TPSA) is 96.9 Å². The second-order valence-electron chi connectivity index (χ2n) is 7.75. The van der Waals surface area contributed by atoms with Crippen LogP contribution in [-0.4, -0.2) is 77.1 Å². The van der Waals surface area contributed by atoms with Crippen molar-refractivity contribution in [2.45, 2.75) is 19.6 Å². The molecule has 2 heterocycles. The third-order valence-electron chi connectivity index (χ3n) is 4.68. The SMILES string of the molecule is C=S(C)(=O)OCc1cc(N2CCOC[C@@H]2C)nc(-c2ccc(NC(=O)N(C)C)cc2)n1. The van der Waals surface area contributed by atoms with E-state index in [1.807, 2.05) is 18.2 Å². The maximum atomic E-state index is 11.9. The number of nitrogens with zero attached hydrogens (tertiary/aromatic N) is 4. The zero-order valence-electron chi connectivity index (χ0n) is 18.3. The van der Waals surface area contributed by atoms with Crippen LogP contribution in [0.5, 0.6) is 0 Å². The summed E-state index contributed by atoms with van der Waals surface area (Å²) in [5, 5.41) is 2.80. The highest BCUT2D eigenvalue weighted by molar-refractivity contribution is 7.95. The summed E-state index contributed by atoms with van der Waals surface area (Å²) >= 11 is 0. The zero-order chi connectivity index (χ0) is 22.6. The Morgan fingerprint density at radius 3 is 2.68 bits per heavy atom. The normalized spacial score (nSPS) is 18.3. The minimum absolute atomic E-state index is 0.0665. The first-order valence-corrected chi connectivity index (χ1v) is 12.0. The first-order valence-electron chi connectivity index (χ1n) is 9.90. The Morgan fingerprint density at radius 2 is 2.06 bits per heavy atom. The molecule has 1 aliphatic heterocycles. The van der Waals surface area contributed by atoms with Crippen molar-refractivity contribution in [3.8, 4) is 11.4 Å². The number of hydrogen-bond acceptors (Lipinski definition) is 7. The average molecular weight is 448 g/mol. The molecular weight excluding hydrogens is 418 g/mol. The van der Waals surface area contributed by atoms with Crippen molar-refractivity contribution in [1.29, 1.82) is 0 Å². The van der Waals surface area contributed by atoms with Crippen LogP contribution in [0.4, 0.5) is 16.3 Å². The Hall–Kier alpha value is -2.69. The molecule has 9 nitrogen and oxygen atoms in total. The lowest BCUT2D eigenvalue weighted by molar-refractivity contribution is 0.0985. The molecule has 1 unspecified atom stereocenters. The summed E-state index contributed by atoms with van der Waals surface area (Å²) in [6.45, 7) is 4.10. The Balaban J connectivity index is 1.92. The number of amides is 2. The molecule has 2 atom stereocenters. The predicted molar refractivity (Wildman–Crippen MR) is 124 cm³/mol. The number of rotatable bonds is 6. The Bertz CT molecular complexity index is 1020. The van der Waals surface area contributed by atoms with Crippen LogP contribution in [0.3, 0.4) is 0 Å². The van der Waals surface area contributed by atoms with Gasteiger partial charge in [-0.2, -0.15) is 0 Å². The molecule has 2 aromatic rings. The van der Waals surface area contributed by atoms with Gasteiger partial charge in [-0.3, -0.25) is 4.18 Å². The van der Waals surface area contributed by atoms with Crippen LogP contribution in [0.15, 0.2) is 30.3 Å². The molecule has 0 spiro atoms. The number of nitrogens with one attached hydrogen (secondary N) is 1. The van der Waals surface area contributed by atoms with Gasteiger partial charge in [0.1, 0.15) is 12.4 Å². The van der Waals surface area contributed by atoms with Gasteiger partial charge >= 0.3 is 6.03 Å². The number of anilines is 2. The van der Waals surface area contributed by atoms with Gasteiger partial charge in [0.25, 0.3) is 0 Å². The molecule has 0 radical (unpaired) electrons. The molecule has 1 aliphatic rings. The Labute approximate surface area is 183 Å². The van der Waals surface area contributed by atoms with E-state index in [0.717, 1.165) is 11.4 Å². The van der Waals surface area contributed by atoms with Crippen LogP contribution in [-0.2, 0) is 25.3 Å². The molecule has 10 heteroatoms. The van der Waals surface area contributed by atoms with Crippen LogP contribution in [0.2, 0.25) is 0 Å². The first-order chi connectivity index (χ1) is 14.6. The highest BCUT2D eigenvalue weighted by atomic mass is 32.2. The molecule has 31 heavy (non-hydrogen) atoms. The lowest BCUT2D eigenvalue weighted by Crippen LogP contribution is -2.44. The van der Waals surface area contributed by atoms with Crippen LogP contribution in [0.1, 0.15) is 12.6 Å². The summed E-state index contributed by atoms with van der Waals surface area (Å²) in [6, 6.07) is 9.11. The van der Waals surface area contributed by atoms with E-state index < -0.39 is 9.80 Å². The maximum Gasteiger partial charge on any atom is 0.321 e. The summed E-state index contributed by atoms with van der Waals surface area (Å²) < 4.78 is 22.8. The third-order valence-corrected chi connectivity index (χ3v) is 5.30. The molecule has 0 bridgehead atoms. The molecule has 0 saturated carbocycles. The minimum atomic E-state index is -2.61. The van der Waals surface area contributed by atoms with Crippen molar-refractivity contribution in [3.63, 3.8) is 0 Å². The predicted octanol–water partition coefficient (Wildman–Crippen LogP) is 2.24. The van der Waals surface area contributed by atoms with Gasteiger partial charge in [-0.05, 0) is 37.1 Å². The summed E-state index contributed by atoms with van der Waals surface area (Å²) in [5.41, 5.74) is 2.08. The van der Waals surface area contributed by atoms with E-state index in [1.54, 1.807) is 26.2 Å². The third kappa shape index (κ3) is 6.39. The van der Waals surface area contributed by atoms with E-state index in [-0.39, 0.29) is 18.7 Å². The van der Waals surface area contributed by atoms with Gasteiger partial charge in [-0.1, -0.05) is 0 Å². The van der Waals surface area contributed by atoms with Crippen molar-refractivity contribution < 1.29 is 17.9 Å². The van der Waals surface area contributed by atoms with Gasteiger partial charge < -0.3 is 19.9 Å². The van der Waals surface area contributed by atoms with Gasteiger partial charge in [0, 0.05) is 44.2 Å². The van der Waals surface area contributed by atoms with Crippen LogP contribution < -0.4 is 10.2 Å². The van der Waals surface area contributed by atoms with Gasteiger partial charge in [-0.15, -0.1) is 0 Å². The molecular formula is C21H29N5O4S. The highest BCUT2D eigenvalue weighted by Crippen LogP contribution is 2.25. The van der Waals surface area contributed by atoms with Crippen LogP contribution in [0, 0.1) is 0 Å². The molecule has 3 rings (SSSR count). The molecule has 1 aromatic heterocycles. The zero-order valence-corrected chi connectivity index (χ0v) is 19.1. The van der Waals surface area contributed by atoms with E-state index >= 15 is 0 Å². The fraction of sp³-hybridized carbons (Fsp3) is 0.429. The second-order valence-corrected chi connectivity index (χ2v) is 9.84. The lowest BCUT2D eigenvalue weighted by Gasteiger charge is -2.34. The number of ether oxygens (including phenoxy) is 1. The number of hydrogen-bond donors (Lipinski definition) is 1. The largest absolute Gasteiger partial charge is 0.377 e. The number of benzene rings is 1. The summed E-state index contributed by atoms with van der Waals surface area (Å²) in [5.74, 6) is 4.81. The second kappa shape index (κ2) is 9.63. The first kappa shape index (κ1) is 23.0. The summed E-state index contributed by atoms with van der Waals surface area (Å²) in [7, 11) is 0.750. The number of aromatic nitrogens is 2. The van der Waals surface area contributed by atoms with Gasteiger partial charge in [0.15, 0.2) is 5.82 Å². The fourth-order valence-electron chi connectivity index (χ4n) is 3.02. The molecule has 168 valence electrons. The fourth-order valence-corrected chi connectivity index (χ4v) is 3.39. The Kier molecular flexibility index (Phi) is 7.14. The van der Waals surface area contributed by atoms with E-state index in [1.165, 1.54) is 11.2 Å². The van der Waals surface area contributed by atoms with Crippen molar-refractivity contribution >= 4 is 33.2 Å². The highest BCUT2D eigenvalue weighted by Gasteiger charge is 2.22. The number of morpholine rings is 1. The van der Waals surface area contributed by atoms with Crippen molar-refractivity contribution in [2.75, 3.05) is 50.3 Å². The minimum Gasteiger partial charge on any atom is -0.377 e. The molecule has 1 N–H and O–H groups in total. The molecule has 0 aliphatic carbocycles. The number of carbonyl (C=O) groups is 1. The van der Waals surface area contributed by atoms with Crippen LogP contribution >= 0.6 is 0 Å². The van der Waals surface area contributed by atoms with E-state index in [2.05, 4.69) is 28.0 Å². The average Bonchev–Trinajstić information content (AvgIpc) is 2.72. The van der Waals surface area contributed by atoms with Gasteiger partial charge in [0.05, 0.1) is 34.8 Å². The maximum absolute atomic E-state index is 11.9. The standard InChI is InChI=1S/C21H29N5O4S/c1-15-13-29-11-10-26(15)19-12-18(14-30-31(4,5)28)22-20(24-19)16-6-8-17(9-7-16)23-21(27)25(2)3/h6-9,12,15H,4,10-11,13-14H2,1-3,5H3,(H,23,27)/t15-,31?/m0/s1. The van der Waals surface area contributed by atoms with E-state index in [4.69, 9.17) is 13.9 Å². The number of carbonyl (C=O) groups excluding carboxylic acids is 1. The number of urea groups is 1. The molecule has 1 fully saturated rings. The molecule has 1 aromatic carbocycles.